The molecule has 0 bridgehead atoms. The lowest BCUT2D eigenvalue weighted by molar-refractivity contribution is 0.180. The third-order valence-corrected chi connectivity index (χ3v) is 2.03. The predicted octanol–water partition coefficient (Wildman–Crippen LogP) is 1.87. The second-order valence-electron chi connectivity index (χ2n) is 3.18. The molecule has 1 rings (SSSR count). The van der Waals surface area contributed by atoms with Gasteiger partial charge in [0.05, 0.1) is 19.3 Å². The molecule has 0 aliphatic heterocycles. The van der Waals surface area contributed by atoms with Gasteiger partial charge in [-0.2, -0.15) is 0 Å². The van der Waals surface area contributed by atoms with E-state index in [0.29, 0.717) is 18.8 Å². The summed E-state index contributed by atoms with van der Waals surface area (Å²) >= 11 is 0. The molecule has 4 heteroatoms. The zero-order valence-corrected chi connectivity index (χ0v) is 9.00. The van der Waals surface area contributed by atoms with Gasteiger partial charge in [0.2, 0.25) is 0 Å². The molecule has 1 aromatic carbocycles. The summed E-state index contributed by atoms with van der Waals surface area (Å²) in [5, 5.41) is 0. The third kappa shape index (κ3) is 3.18. The smallest absolute Gasteiger partial charge is 0.165 e. The number of hydrogen-bond acceptors (Lipinski definition) is 3. The molecule has 0 heterocycles. The molecule has 3 nitrogen and oxygen atoms in total. The molecule has 84 valence electrons. The Bertz CT molecular complexity index is 317. The molecule has 2 N–H and O–H groups in total. The highest BCUT2D eigenvalue weighted by atomic mass is 19.1. The normalized spacial score (nSPS) is 12.5. The topological polar surface area (TPSA) is 44.5 Å². The second kappa shape index (κ2) is 5.68. The summed E-state index contributed by atoms with van der Waals surface area (Å²) in [7, 11) is 1.56. The summed E-state index contributed by atoms with van der Waals surface area (Å²) in [6.45, 7) is 2.62. The Morgan fingerprint density at radius 2 is 2.20 bits per heavy atom. The number of nitrogens with two attached hydrogens (primary N) is 1. The number of benzene rings is 1. The van der Waals surface area contributed by atoms with Crippen molar-refractivity contribution < 1.29 is 13.9 Å². The molecule has 0 aromatic heterocycles. The van der Waals surface area contributed by atoms with E-state index in [-0.39, 0.29) is 17.6 Å². The van der Waals surface area contributed by atoms with Crippen LogP contribution in [-0.4, -0.2) is 20.3 Å². The van der Waals surface area contributed by atoms with Crippen molar-refractivity contribution in [1.29, 1.82) is 0 Å². The highest BCUT2D eigenvalue weighted by Crippen LogP contribution is 2.21. The van der Waals surface area contributed by atoms with Gasteiger partial charge >= 0.3 is 0 Å². The highest BCUT2D eigenvalue weighted by Gasteiger charge is 2.09. The summed E-state index contributed by atoms with van der Waals surface area (Å²) in [5.74, 6) is -0.133. The minimum Gasteiger partial charge on any atom is -0.491 e. The van der Waals surface area contributed by atoms with Crippen LogP contribution >= 0.6 is 0 Å². The van der Waals surface area contributed by atoms with Gasteiger partial charge in [-0.3, -0.25) is 0 Å². The van der Waals surface area contributed by atoms with E-state index >= 15 is 0 Å². The molecule has 0 radical (unpaired) electrons. The fourth-order valence-corrected chi connectivity index (χ4v) is 1.30. The summed E-state index contributed by atoms with van der Waals surface area (Å²) in [6, 6.07) is 4.41. The van der Waals surface area contributed by atoms with Crippen LogP contribution in [-0.2, 0) is 4.74 Å². The van der Waals surface area contributed by atoms with Crippen molar-refractivity contribution >= 4 is 0 Å². The van der Waals surface area contributed by atoms with Crippen molar-refractivity contribution in [2.24, 2.45) is 5.73 Å². The van der Waals surface area contributed by atoms with Crippen LogP contribution < -0.4 is 10.5 Å². The lowest BCUT2D eigenvalue weighted by atomic mass is 10.1. The summed E-state index contributed by atoms with van der Waals surface area (Å²) < 4.78 is 23.4. The van der Waals surface area contributed by atoms with Gasteiger partial charge in [-0.25, -0.2) is 4.39 Å². The van der Waals surface area contributed by atoms with Crippen LogP contribution in [0.25, 0.3) is 0 Å². The first kappa shape index (κ1) is 11.9. The molecule has 1 atom stereocenters. The Kier molecular flexibility index (Phi) is 4.52. The van der Waals surface area contributed by atoms with Crippen LogP contribution in [0.3, 0.4) is 0 Å². The quantitative estimate of drug-likeness (QED) is 0.812. The Labute approximate surface area is 89.0 Å². The van der Waals surface area contributed by atoms with E-state index in [1.54, 1.807) is 19.2 Å². The average molecular weight is 213 g/mol. The molecular formula is C11H16FNO2. The van der Waals surface area contributed by atoms with Gasteiger partial charge in [0.1, 0.15) is 0 Å². The number of ether oxygens (including phenoxy) is 2. The van der Waals surface area contributed by atoms with E-state index < -0.39 is 0 Å². The van der Waals surface area contributed by atoms with Crippen molar-refractivity contribution in [2.45, 2.75) is 13.0 Å². The van der Waals surface area contributed by atoms with Crippen molar-refractivity contribution in [2.75, 3.05) is 20.3 Å². The van der Waals surface area contributed by atoms with Crippen molar-refractivity contribution in [3.63, 3.8) is 0 Å². The molecule has 1 aromatic rings. The van der Waals surface area contributed by atoms with Crippen molar-refractivity contribution in [3.05, 3.63) is 29.6 Å². The van der Waals surface area contributed by atoms with Crippen LogP contribution in [0.15, 0.2) is 18.2 Å². The second-order valence-corrected chi connectivity index (χ2v) is 3.18. The molecule has 1 unspecified atom stereocenters. The van der Waals surface area contributed by atoms with E-state index in [1.165, 1.54) is 6.07 Å². The maximum atomic E-state index is 13.4. The highest BCUT2D eigenvalue weighted by molar-refractivity contribution is 5.31. The Morgan fingerprint density at radius 3 is 2.73 bits per heavy atom. The van der Waals surface area contributed by atoms with Gasteiger partial charge < -0.3 is 15.2 Å². The molecular weight excluding hydrogens is 197 g/mol. The lowest BCUT2D eigenvalue weighted by Crippen LogP contribution is -2.16. The third-order valence-electron chi connectivity index (χ3n) is 2.03. The van der Waals surface area contributed by atoms with E-state index in [9.17, 15) is 4.39 Å². The molecule has 0 saturated heterocycles. The van der Waals surface area contributed by atoms with Crippen LogP contribution in [0.1, 0.15) is 18.5 Å². The molecule has 0 saturated carbocycles. The maximum absolute atomic E-state index is 13.4. The lowest BCUT2D eigenvalue weighted by Gasteiger charge is -2.12. The van der Waals surface area contributed by atoms with E-state index in [4.69, 9.17) is 15.2 Å². The zero-order valence-electron chi connectivity index (χ0n) is 9.00. The minimum atomic E-state index is -0.388. The predicted molar refractivity (Wildman–Crippen MR) is 56.4 cm³/mol. The van der Waals surface area contributed by atoms with Crippen LogP contribution in [0.4, 0.5) is 4.39 Å². The molecule has 15 heavy (non-hydrogen) atoms. The van der Waals surface area contributed by atoms with Crippen LogP contribution in [0.2, 0.25) is 0 Å². The van der Waals surface area contributed by atoms with Crippen LogP contribution in [0.5, 0.6) is 5.75 Å². The Hall–Kier alpha value is -1.13. The fraction of sp³-hybridized carbons (Fsp3) is 0.455. The standard InChI is InChI=1S/C11H16FNO2/c1-3-15-11-5-4-8(6-9(11)12)10(13)7-14-2/h4-6,10H,3,7,13H2,1-2H3. The van der Waals surface area contributed by atoms with Crippen LogP contribution in [0, 0.1) is 5.82 Å². The van der Waals surface area contributed by atoms with Crippen molar-refractivity contribution in [3.8, 4) is 5.75 Å². The monoisotopic (exact) mass is 213 g/mol. The first-order valence-corrected chi connectivity index (χ1v) is 4.85. The van der Waals surface area contributed by atoms with Gasteiger partial charge in [0.25, 0.3) is 0 Å². The fourth-order valence-electron chi connectivity index (χ4n) is 1.30. The average Bonchev–Trinajstić information content (AvgIpc) is 2.21. The number of methoxy groups -OCH3 is 1. The van der Waals surface area contributed by atoms with Gasteiger partial charge in [0, 0.05) is 7.11 Å². The SMILES string of the molecule is CCOc1ccc(C(N)COC)cc1F. The first-order chi connectivity index (χ1) is 7.19. The number of rotatable bonds is 5. The summed E-state index contributed by atoms with van der Waals surface area (Å²) in [5.41, 5.74) is 6.47. The maximum Gasteiger partial charge on any atom is 0.165 e. The molecule has 0 spiro atoms. The summed E-state index contributed by atoms with van der Waals surface area (Å²) in [4.78, 5) is 0. The first-order valence-electron chi connectivity index (χ1n) is 4.85. The molecule has 0 fully saturated rings. The van der Waals surface area contributed by atoms with E-state index in [0.717, 1.165) is 0 Å². The van der Waals surface area contributed by atoms with Gasteiger partial charge in [0.15, 0.2) is 11.6 Å². The van der Waals surface area contributed by atoms with Crippen molar-refractivity contribution in [1.82, 2.24) is 0 Å². The van der Waals surface area contributed by atoms with Gasteiger partial charge in [-0.05, 0) is 24.6 Å². The van der Waals surface area contributed by atoms with Gasteiger partial charge in [-0.1, -0.05) is 6.07 Å². The van der Waals surface area contributed by atoms with E-state index in [2.05, 4.69) is 0 Å². The summed E-state index contributed by atoms with van der Waals surface area (Å²) in [6.07, 6.45) is 0. The Balaban J connectivity index is 2.81. The van der Waals surface area contributed by atoms with Gasteiger partial charge in [-0.15, -0.1) is 0 Å². The zero-order chi connectivity index (χ0) is 11.3. The largest absolute Gasteiger partial charge is 0.491 e. The minimum absolute atomic E-state index is 0.255. The molecule has 0 amide bonds. The molecule has 0 aliphatic carbocycles. The molecule has 0 aliphatic rings. The Morgan fingerprint density at radius 1 is 1.47 bits per heavy atom. The number of halogens is 1. The van der Waals surface area contributed by atoms with E-state index in [1.807, 2.05) is 6.92 Å². The number of hydrogen-bond donors (Lipinski definition) is 1.